The number of aryl methyl sites for hydroxylation is 1. The summed E-state index contributed by atoms with van der Waals surface area (Å²) >= 11 is 0. The van der Waals surface area contributed by atoms with E-state index in [1.165, 1.54) is 19.2 Å². The van der Waals surface area contributed by atoms with Crippen molar-refractivity contribution in [3.05, 3.63) is 71.1 Å². The van der Waals surface area contributed by atoms with Crippen molar-refractivity contribution in [3.63, 3.8) is 0 Å². The van der Waals surface area contributed by atoms with Crippen LogP contribution in [0.1, 0.15) is 24.6 Å². The molecule has 0 spiro atoms. The van der Waals surface area contributed by atoms with Gasteiger partial charge in [-0.1, -0.05) is 29.8 Å². The van der Waals surface area contributed by atoms with E-state index in [1.54, 1.807) is 31.2 Å². The van der Waals surface area contributed by atoms with Gasteiger partial charge in [0.2, 0.25) is 11.2 Å². The minimum atomic E-state index is -4.71. The fourth-order valence-corrected chi connectivity index (χ4v) is 4.40. The number of aromatic nitrogens is 2. The second-order valence-corrected chi connectivity index (χ2v) is 10.4. The number of amides is 1. The van der Waals surface area contributed by atoms with E-state index >= 15 is 0 Å². The molecule has 0 aliphatic carbocycles. The van der Waals surface area contributed by atoms with Gasteiger partial charge in [0.25, 0.3) is 16.8 Å². The van der Waals surface area contributed by atoms with Gasteiger partial charge in [0, 0.05) is 5.56 Å². The van der Waals surface area contributed by atoms with Crippen molar-refractivity contribution in [1.29, 1.82) is 0 Å². The Hall–Kier alpha value is -4.87. The molecule has 0 unspecified atom stereocenters. The summed E-state index contributed by atoms with van der Waals surface area (Å²) in [6.45, 7) is 2.47. The molecule has 1 N–H and O–H groups in total. The highest BCUT2D eigenvalue weighted by atomic mass is 32.2. The third kappa shape index (κ3) is 9.06. The molecule has 1 heterocycles. The predicted molar refractivity (Wildman–Crippen MR) is 141 cm³/mol. The van der Waals surface area contributed by atoms with Gasteiger partial charge in [-0.2, -0.15) is 18.3 Å². The topological polar surface area (TPSA) is 167 Å². The minimum Gasteiger partial charge on any atom is -0.569 e. The number of carbonyl (C=O) groups excluding carboxylic acids is 2. The van der Waals surface area contributed by atoms with Crippen LogP contribution < -0.4 is 4.72 Å². The summed E-state index contributed by atoms with van der Waals surface area (Å²) in [5.74, 6) is -0.959. The highest BCUT2D eigenvalue weighted by molar-refractivity contribution is 7.90. The molecule has 2 aromatic carbocycles. The van der Waals surface area contributed by atoms with Crippen LogP contribution in [0.2, 0.25) is 0 Å². The van der Waals surface area contributed by atoms with Gasteiger partial charge in [-0.15, -0.1) is 5.01 Å². The lowest BCUT2D eigenvalue weighted by molar-refractivity contribution is -0.706. The quantitative estimate of drug-likeness (QED) is 0.0775. The molecule has 43 heavy (non-hydrogen) atoms. The Morgan fingerprint density at radius 1 is 1.12 bits per heavy atom. The van der Waals surface area contributed by atoms with Crippen LogP contribution in [-0.4, -0.2) is 67.2 Å². The van der Waals surface area contributed by atoms with Gasteiger partial charge in [-0.3, -0.25) is 4.79 Å². The zero-order chi connectivity index (χ0) is 31.8. The number of hydrogen-bond donors (Lipinski definition) is 1. The number of ether oxygens (including phenoxy) is 2. The van der Waals surface area contributed by atoms with Gasteiger partial charge in [-0.25, -0.2) is 22.6 Å². The van der Waals surface area contributed by atoms with Crippen LogP contribution in [0.3, 0.4) is 0 Å². The van der Waals surface area contributed by atoms with Gasteiger partial charge in [0.1, 0.15) is 0 Å². The summed E-state index contributed by atoms with van der Waals surface area (Å²) in [5, 5.41) is 19.5. The van der Waals surface area contributed by atoms with E-state index in [9.17, 15) is 36.4 Å². The maximum Gasteiger partial charge on any atom is 0.511 e. The first-order valence-electron chi connectivity index (χ1n) is 12.4. The average Bonchev–Trinajstić information content (AvgIpc) is 3.41. The monoisotopic (exact) mass is 628 g/mol. The SMILES string of the molecule is CCOC(=O)OCO/N=[N+](\[O-])N(C)CCC(=O)NS(=O)(=O)c1ccc(-n2nc(C(F)(F)F)cc2-c2ccc(C)cc2)cc1. The van der Waals surface area contributed by atoms with Crippen LogP contribution >= 0.6 is 0 Å². The normalized spacial score (nSPS) is 12.0. The van der Waals surface area contributed by atoms with Gasteiger partial charge >= 0.3 is 12.3 Å². The van der Waals surface area contributed by atoms with Gasteiger partial charge in [0.05, 0.1) is 47.9 Å². The molecular weight excluding hydrogens is 601 g/mol. The van der Waals surface area contributed by atoms with Crippen molar-refractivity contribution in [2.24, 2.45) is 5.28 Å². The molecule has 18 heteroatoms. The third-order valence-corrected chi connectivity index (χ3v) is 6.95. The van der Waals surface area contributed by atoms with Crippen LogP contribution in [0.5, 0.6) is 0 Å². The molecule has 3 rings (SSSR count). The van der Waals surface area contributed by atoms with E-state index in [0.717, 1.165) is 33.5 Å². The van der Waals surface area contributed by atoms with E-state index in [4.69, 9.17) is 0 Å². The molecule has 14 nitrogen and oxygen atoms in total. The maximum absolute atomic E-state index is 13.4. The van der Waals surface area contributed by atoms with Crippen molar-refractivity contribution in [3.8, 4) is 16.9 Å². The lowest BCUT2D eigenvalue weighted by Crippen LogP contribution is -2.35. The molecule has 0 radical (unpaired) electrons. The largest absolute Gasteiger partial charge is 0.569 e. The Labute approximate surface area is 243 Å². The smallest absolute Gasteiger partial charge is 0.511 e. The molecular formula is C25H27F3N6O8S. The Morgan fingerprint density at radius 3 is 2.37 bits per heavy atom. The fourth-order valence-electron chi connectivity index (χ4n) is 3.39. The third-order valence-electron chi connectivity index (χ3n) is 5.56. The molecule has 232 valence electrons. The van der Waals surface area contributed by atoms with Crippen molar-refractivity contribution in [2.75, 3.05) is 27.0 Å². The molecule has 0 aliphatic rings. The second-order valence-electron chi connectivity index (χ2n) is 8.75. The number of sulfonamides is 1. The van der Waals surface area contributed by atoms with Crippen molar-refractivity contribution in [2.45, 2.75) is 31.3 Å². The molecule has 1 amide bonds. The van der Waals surface area contributed by atoms with E-state index in [1.807, 2.05) is 11.6 Å². The van der Waals surface area contributed by atoms with E-state index < -0.39 is 47.2 Å². The van der Waals surface area contributed by atoms with Crippen LogP contribution in [-0.2, 0) is 35.3 Å². The highest BCUT2D eigenvalue weighted by Crippen LogP contribution is 2.33. The number of alkyl halides is 3. The van der Waals surface area contributed by atoms with Crippen LogP contribution in [0.15, 0.2) is 64.8 Å². The predicted octanol–water partition coefficient (Wildman–Crippen LogP) is 3.93. The molecule has 0 bridgehead atoms. The molecule has 1 aromatic heterocycles. The standard InChI is InChI=1S/C25H27F3N6O8S/c1-4-40-24(36)41-16-42-31-34(37)32(3)14-13-23(35)30-43(38,39)20-11-9-19(10-12-20)33-21(15-22(29-33)25(26,27)28)18-7-5-17(2)6-8-18/h5-12,15H,4,13-14,16H2,1-3H3,(H,30,35)/b34-31-. The van der Waals surface area contributed by atoms with E-state index in [2.05, 4.69) is 24.7 Å². The van der Waals surface area contributed by atoms with Crippen molar-refractivity contribution >= 4 is 22.1 Å². The minimum absolute atomic E-state index is 0.0562. The zero-order valence-electron chi connectivity index (χ0n) is 23.1. The van der Waals surface area contributed by atoms with Gasteiger partial charge in [-0.05, 0) is 44.2 Å². The van der Waals surface area contributed by atoms with Crippen LogP contribution in [0, 0.1) is 12.1 Å². The first-order valence-corrected chi connectivity index (χ1v) is 13.9. The Morgan fingerprint density at radius 2 is 1.77 bits per heavy atom. The van der Waals surface area contributed by atoms with Gasteiger partial charge in [0.15, 0.2) is 5.69 Å². The van der Waals surface area contributed by atoms with Crippen molar-refractivity contribution < 1.29 is 50.5 Å². The van der Waals surface area contributed by atoms with Gasteiger partial charge < -0.3 is 19.5 Å². The maximum atomic E-state index is 13.4. The molecule has 0 fully saturated rings. The summed E-state index contributed by atoms with van der Waals surface area (Å²) in [7, 11) is -3.14. The lowest BCUT2D eigenvalue weighted by atomic mass is 10.1. The Balaban J connectivity index is 1.65. The number of hydrazine groups is 1. The van der Waals surface area contributed by atoms with E-state index in [0.29, 0.717) is 5.56 Å². The molecule has 0 saturated heterocycles. The lowest BCUT2D eigenvalue weighted by Gasteiger charge is -2.13. The Bertz CT molecular complexity index is 1560. The summed E-state index contributed by atoms with van der Waals surface area (Å²) in [5.41, 5.74) is 0.520. The summed E-state index contributed by atoms with van der Waals surface area (Å²) in [4.78, 5) is 27.4. The number of nitrogens with one attached hydrogen (secondary N) is 1. The highest BCUT2D eigenvalue weighted by Gasteiger charge is 2.35. The Kier molecular flexibility index (Phi) is 10.5. The zero-order valence-corrected chi connectivity index (χ0v) is 23.9. The molecule has 3 aromatic rings. The van der Waals surface area contributed by atoms with Crippen LogP contribution in [0.25, 0.3) is 16.9 Å². The number of rotatable bonds is 12. The van der Waals surface area contributed by atoms with E-state index in [-0.39, 0.29) is 34.4 Å². The second kappa shape index (κ2) is 13.9. The number of benzene rings is 2. The van der Waals surface area contributed by atoms with Crippen molar-refractivity contribution in [1.82, 2.24) is 19.5 Å². The number of halogens is 3. The summed E-state index contributed by atoms with van der Waals surface area (Å²) in [6, 6.07) is 12.4. The van der Waals surface area contributed by atoms with Crippen LogP contribution in [0.4, 0.5) is 18.0 Å². The first-order chi connectivity index (χ1) is 20.2. The molecule has 0 aliphatic heterocycles. The molecule has 0 atom stereocenters. The summed E-state index contributed by atoms with van der Waals surface area (Å²) in [6.07, 6.45) is -6.19. The number of nitrogens with zero attached hydrogens (tertiary/aromatic N) is 5. The molecule has 0 saturated carbocycles. The first kappa shape index (κ1) is 32.6. The number of carbonyl (C=O) groups is 2. The fraction of sp³-hybridized carbons (Fsp3) is 0.320. The number of hydrogen-bond acceptors (Lipinski definition) is 10. The summed E-state index contributed by atoms with van der Waals surface area (Å²) < 4.78 is 77.6. The average molecular weight is 629 g/mol.